The van der Waals surface area contributed by atoms with Crippen LogP contribution in [0.15, 0.2) is 28.7 Å². The van der Waals surface area contributed by atoms with Crippen molar-refractivity contribution in [3.05, 3.63) is 46.6 Å². The van der Waals surface area contributed by atoms with Crippen molar-refractivity contribution in [2.24, 2.45) is 11.7 Å². The van der Waals surface area contributed by atoms with E-state index in [0.717, 1.165) is 17.0 Å². The summed E-state index contributed by atoms with van der Waals surface area (Å²) in [6, 6.07) is 7.57. The molecule has 102 valence electrons. The lowest BCUT2D eigenvalue weighted by atomic mass is 10.1. The first-order valence-electron chi connectivity index (χ1n) is 6.38. The number of halogens is 1. The molecule has 0 bridgehead atoms. The van der Waals surface area contributed by atoms with E-state index in [1.54, 1.807) is 0 Å². The van der Waals surface area contributed by atoms with E-state index in [0.29, 0.717) is 18.2 Å². The van der Waals surface area contributed by atoms with Crippen LogP contribution in [0, 0.1) is 5.92 Å². The molecule has 1 aromatic carbocycles. The normalized spacial score (nSPS) is 12.9. The topological polar surface area (TPSA) is 64.9 Å². The number of aromatic nitrogens is 2. The van der Waals surface area contributed by atoms with Crippen LogP contribution in [0.5, 0.6) is 0 Å². The highest BCUT2D eigenvalue weighted by molar-refractivity contribution is 6.30. The fourth-order valence-corrected chi connectivity index (χ4v) is 1.94. The van der Waals surface area contributed by atoms with E-state index in [1.165, 1.54) is 0 Å². The molecule has 1 unspecified atom stereocenters. The van der Waals surface area contributed by atoms with E-state index >= 15 is 0 Å². The van der Waals surface area contributed by atoms with Crippen molar-refractivity contribution >= 4 is 11.6 Å². The molecule has 0 radical (unpaired) electrons. The van der Waals surface area contributed by atoms with Gasteiger partial charge in [-0.3, -0.25) is 0 Å². The van der Waals surface area contributed by atoms with E-state index in [-0.39, 0.29) is 12.0 Å². The number of nitrogens with two attached hydrogens (primary N) is 1. The number of hydrogen-bond acceptors (Lipinski definition) is 4. The summed E-state index contributed by atoms with van der Waals surface area (Å²) in [5.41, 5.74) is 7.12. The van der Waals surface area contributed by atoms with Crippen molar-refractivity contribution in [1.29, 1.82) is 0 Å². The molecule has 0 fully saturated rings. The SMILES string of the molecule is CC(C)C(N)c1nnc(CCc2cccc(Cl)c2)o1. The van der Waals surface area contributed by atoms with Gasteiger partial charge in [-0.15, -0.1) is 10.2 Å². The van der Waals surface area contributed by atoms with Crippen molar-refractivity contribution in [3.63, 3.8) is 0 Å². The summed E-state index contributed by atoms with van der Waals surface area (Å²) in [5.74, 6) is 1.41. The quantitative estimate of drug-likeness (QED) is 0.913. The fourth-order valence-electron chi connectivity index (χ4n) is 1.73. The van der Waals surface area contributed by atoms with Crippen molar-refractivity contribution in [1.82, 2.24) is 10.2 Å². The van der Waals surface area contributed by atoms with Crippen LogP contribution in [-0.4, -0.2) is 10.2 Å². The van der Waals surface area contributed by atoms with Crippen molar-refractivity contribution in [2.75, 3.05) is 0 Å². The lowest BCUT2D eigenvalue weighted by Crippen LogP contribution is -2.16. The van der Waals surface area contributed by atoms with Gasteiger partial charge >= 0.3 is 0 Å². The minimum Gasteiger partial charge on any atom is -0.424 e. The predicted octanol–water partition coefficient (Wildman–Crippen LogP) is 3.16. The van der Waals surface area contributed by atoms with Gasteiger partial charge in [0.25, 0.3) is 0 Å². The second-order valence-electron chi connectivity index (χ2n) is 4.93. The molecule has 19 heavy (non-hydrogen) atoms. The van der Waals surface area contributed by atoms with E-state index < -0.39 is 0 Å². The molecule has 1 aromatic heterocycles. The Morgan fingerprint density at radius 3 is 2.74 bits per heavy atom. The van der Waals surface area contributed by atoms with Crippen LogP contribution in [0.3, 0.4) is 0 Å². The van der Waals surface area contributed by atoms with Crippen LogP contribution in [0.4, 0.5) is 0 Å². The summed E-state index contributed by atoms with van der Waals surface area (Å²) in [7, 11) is 0. The maximum Gasteiger partial charge on any atom is 0.233 e. The van der Waals surface area contributed by atoms with E-state index in [9.17, 15) is 0 Å². The van der Waals surface area contributed by atoms with Crippen LogP contribution < -0.4 is 5.73 Å². The molecule has 5 heteroatoms. The molecular weight excluding hydrogens is 262 g/mol. The molecule has 2 rings (SSSR count). The molecule has 1 heterocycles. The lowest BCUT2D eigenvalue weighted by Gasteiger charge is -2.09. The van der Waals surface area contributed by atoms with E-state index in [1.807, 2.05) is 38.1 Å². The molecule has 0 saturated heterocycles. The molecule has 2 N–H and O–H groups in total. The first-order valence-corrected chi connectivity index (χ1v) is 6.76. The number of benzene rings is 1. The monoisotopic (exact) mass is 279 g/mol. The number of nitrogens with zero attached hydrogens (tertiary/aromatic N) is 2. The molecule has 4 nitrogen and oxygen atoms in total. The summed E-state index contributed by atoms with van der Waals surface area (Å²) in [4.78, 5) is 0. The average molecular weight is 280 g/mol. The van der Waals surface area contributed by atoms with E-state index in [4.69, 9.17) is 21.8 Å². The van der Waals surface area contributed by atoms with Crippen LogP contribution in [-0.2, 0) is 12.8 Å². The highest BCUT2D eigenvalue weighted by Gasteiger charge is 2.17. The minimum atomic E-state index is -0.201. The zero-order valence-electron chi connectivity index (χ0n) is 11.1. The van der Waals surface area contributed by atoms with Gasteiger partial charge in [0.2, 0.25) is 11.8 Å². The van der Waals surface area contributed by atoms with Gasteiger partial charge in [0.15, 0.2) is 0 Å². The molecule has 0 amide bonds. The third kappa shape index (κ3) is 3.78. The Balaban J connectivity index is 1.97. The van der Waals surface area contributed by atoms with Crippen LogP contribution in [0.1, 0.15) is 37.2 Å². The van der Waals surface area contributed by atoms with Crippen molar-refractivity contribution < 1.29 is 4.42 Å². The predicted molar refractivity (Wildman–Crippen MR) is 74.9 cm³/mol. The van der Waals surface area contributed by atoms with Gasteiger partial charge in [0.1, 0.15) is 0 Å². The molecule has 0 saturated carbocycles. The highest BCUT2D eigenvalue weighted by Crippen LogP contribution is 2.18. The maximum absolute atomic E-state index is 5.96. The lowest BCUT2D eigenvalue weighted by molar-refractivity contribution is 0.370. The van der Waals surface area contributed by atoms with Gasteiger partial charge in [0.05, 0.1) is 6.04 Å². The zero-order valence-corrected chi connectivity index (χ0v) is 11.9. The second-order valence-corrected chi connectivity index (χ2v) is 5.37. The first kappa shape index (κ1) is 14.0. The Bertz CT molecular complexity index is 539. The van der Waals surface area contributed by atoms with E-state index in [2.05, 4.69) is 10.2 Å². The number of hydrogen-bond donors (Lipinski definition) is 1. The smallest absolute Gasteiger partial charge is 0.233 e. The Morgan fingerprint density at radius 1 is 1.26 bits per heavy atom. The molecule has 0 aliphatic heterocycles. The summed E-state index contributed by atoms with van der Waals surface area (Å²) >= 11 is 5.94. The van der Waals surface area contributed by atoms with Crippen LogP contribution in [0.25, 0.3) is 0 Å². The van der Waals surface area contributed by atoms with Gasteiger partial charge in [0, 0.05) is 11.4 Å². The zero-order chi connectivity index (χ0) is 13.8. The molecule has 1 atom stereocenters. The number of rotatable bonds is 5. The largest absolute Gasteiger partial charge is 0.424 e. The van der Waals surface area contributed by atoms with Gasteiger partial charge in [-0.05, 0) is 30.0 Å². The Hall–Kier alpha value is -1.39. The van der Waals surface area contributed by atoms with Crippen LogP contribution in [0.2, 0.25) is 5.02 Å². The molecule has 0 aliphatic carbocycles. The second kappa shape index (κ2) is 6.17. The average Bonchev–Trinajstić information content (AvgIpc) is 2.84. The molecular formula is C14H18ClN3O. The minimum absolute atomic E-state index is 0.201. The standard InChI is InChI=1S/C14H18ClN3O/c1-9(2)13(16)14-18-17-12(19-14)7-6-10-4-3-5-11(15)8-10/h3-5,8-9,13H,6-7,16H2,1-2H3. The summed E-state index contributed by atoms with van der Waals surface area (Å²) in [6.07, 6.45) is 1.51. The fraction of sp³-hybridized carbons (Fsp3) is 0.429. The van der Waals surface area contributed by atoms with Crippen LogP contribution >= 0.6 is 11.6 Å². The molecule has 0 aliphatic rings. The molecule has 2 aromatic rings. The van der Waals surface area contributed by atoms with Crippen molar-refractivity contribution in [2.45, 2.75) is 32.7 Å². The Morgan fingerprint density at radius 2 is 2.05 bits per heavy atom. The van der Waals surface area contributed by atoms with Crippen molar-refractivity contribution in [3.8, 4) is 0 Å². The van der Waals surface area contributed by atoms with Gasteiger partial charge in [-0.25, -0.2) is 0 Å². The molecule has 0 spiro atoms. The third-order valence-corrected chi connectivity index (χ3v) is 3.24. The third-order valence-electron chi connectivity index (χ3n) is 3.00. The summed E-state index contributed by atoms with van der Waals surface area (Å²) in [5, 5.41) is 8.77. The van der Waals surface area contributed by atoms with Gasteiger partial charge < -0.3 is 10.2 Å². The maximum atomic E-state index is 5.96. The summed E-state index contributed by atoms with van der Waals surface area (Å²) < 4.78 is 5.58. The highest BCUT2D eigenvalue weighted by atomic mass is 35.5. The van der Waals surface area contributed by atoms with Gasteiger partial charge in [-0.2, -0.15) is 0 Å². The van der Waals surface area contributed by atoms with Gasteiger partial charge in [-0.1, -0.05) is 37.6 Å². The Kier molecular flexibility index (Phi) is 4.56. The Labute approximate surface area is 118 Å². The first-order chi connectivity index (χ1) is 9.06. The number of aryl methyl sites for hydroxylation is 2. The summed E-state index contributed by atoms with van der Waals surface area (Å²) in [6.45, 7) is 4.06.